The summed E-state index contributed by atoms with van der Waals surface area (Å²) in [6, 6.07) is 13.4. The number of amides is 2. The first kappa shape index (κ1) is 26.2. The molecule has 0 fully saturated rings. The number of anilines is 1. The molecule has 1 aromatic heterocycles. The quantitative estimate of drug-likeness (QED) is 0.393. The summed E-state index contributed by atoms with van der Waals surface area (Å²) in [6.45, 7) is 4.74. The lowest BCUT2D eigenvalue weighted by molar-refractivity contribution is -0.121. The third kappa shape index (κ3) is 7.29. The van der Waals surface area contributed by atoms with Crippen LogP contribution in [0.3, 0.4) is 0 Å². The number of fused-ring (bicyclic) bond motifs is 1. The summed E-state index contributed by atoms with van der Waals surface area (Å²) in [5.41, 5.74) is -0.0563. The number of para-hydroxylation sites is 1. The van der Waals surface area contributed by atoms with Crippen LogP contribution in [-0.4, -0.2) is 27.5 Å². The van der Waals surface area contributed by atoms with Gasteiger partial charge in [-0.3, -0.25) is 23.5 Å². The van der Waals surface area contributed by atoms with Crippen LogP contribution in [0.5, 0.6) is 0 Å². The largest absolute Gasteiger partial charge is 0.356 e. The Kier molecular flexibility index (Phi) is 9.25. The van der Waals surface area contributed by atoms with Crippen molar-refractivity contribution < 1.29 is 9.59 Å². The van der Waals surface area contributed by atoms with Crippen molar-refractivity contribution in [2.45, 2.75) is 52.6 Å². The van der Waals surface area contributed by atoms with Crippen LogP contribution < -0.4 is 21.9 Å². The van der Waals surface area contributed by atoms with E-state index >= 15 is 0 Å². The number of halogens is 1. The Morgan fingerprint density at radius 2 is 1.74 bits per heavy atom. The van der Waals surface area contributed by atoms with Gasteiger partial charge in [0.15, 0.2) is 0 Å². The molecule has 0 atom stereocenters. The van der Waals surface area contributed by atoms with Crippen LogP contribution in [0, 0.1) is 5.92 Å². The first-order valence-corrected chi connectivity index (χ1v) is 12.2. The minimum Gasteiger partial charge on any atom is -0.356 e. The van der Waals surface area contributed by atoms with E-state index in [1.807, 2.05) is 0 Å². The molecule has 35 heavy (non-hydrogen) atoms. The number of nitrogens with zero attached hydrogens (tertiary/aromatic N) is 2. The SMILES string of the molecule is CC(C)CCNC(=O)CCCCn1c(=O)c2ccccc2n(CC(=O)Nc2cccc(Cl)c2)c1=O. The van der Waals surface area contributed by atoms with Crippen molar-refractivity contribution in [1.29, 1.82) is 0 Å². The predicted molar refractivity (Wildman–Crippen MR) is 139 cm³/mol. The normalized spacial score (nSPS) is 11.1. The second-order valence-corrected chi connectivity index (χ2v) is 9.33. The van der Waals surface area contributed by atoms with Gasteiger partial charge in [0.1, 0.15) is 6.54 Å². The summed E-state index contributed by atoms with van der Waals surface area (Å²) >= 11 is 5.98. The lowest BCUT2D eigenvalue weighted by Crippen LogP contribution is -2.41. The molecule has 0 saturated carbocycles. The number of nitrogens with one attached hydrogen (secondary N) is 2. The summed E-state index contributed by atoms with van der Waals surface area (Å²) < 4.78 is 2.45. The van der Waals surface area contributed by atoms with Crippen LogP contribution in [0.2, 0.25) is 5.02 Å². The Morgan fingerprint density at radius 3 is 2.49 bits per heavy atom. The average molecular weight is 499 g/mol. The van der Waals surface area contributed by atoms with Gasteiger partial charge in [0.25, 0.3) is 5.56 Å². The van der Waals surface area contributed by atoms with Gasteiger partial charge in [0.2, 0.25) is 11.8 Å². The molecule has 0 bridgehead atoms. The molecule has 0 radical (unpaired) electrons. The molecular weight excluding hydrogens is 468 g/mol. The molecule has 8 nitrogen and oxygen atoms in total. The molecule has 0 unspecified atom stereocenters. The maximum atomic E-state index is 13.2. The fourth-order valence-corrected chi connectivity index (χ4v) is 3.97. The number of unbranched alkanes of at least 4 members (excludes halogenated alkanes) is 1. The highest BCUT2D eigenvalue weighted by atomic mass is 35.5. The van der Waals surface area contributed by atoms with Crippen molar-refractivity contribution in [3.05, 3.63) is 74.4 Å². The number of carbonyl (C=O) groups is 2. The lowest BCUT2D eigenvalue weighted by Gasteiger charge is -2.14. The summed E-state index contributed by atoms with van der Waals surface area (Å²) in [4.78, 5) is 50.9. The van der Waals surface area contributed by atoms with Gasteiger partial charge in [-0.25, -0.2) is 4.79 Å². The fourth-order valence-electron chi connectivity index (χ4n) is 3.78. The number of rotatable bonds is 11. The topological polar surface area (TPSA) is 102 Å². The van der Waals surface area contributed by atoms with Crippen LogP contribution in [-0.2, 0) is 22.7 Å². The summed E-state index contributed by atoms with van der Waals surface area (Å²) in [6.07, 6.45) is 2.28. The van der Waals surface area contributed by atoms with E-state index in [0.717, 1.165) is 11.0 Å². The van der Waals surface area contributed by atoms with Gasteiger partial charge >= 0.3 is 5.69 Å². The number of aromatic nitrogens is 2. The van der Waals surface area contributed by atoms with Gasteiger partial charge in [0.05, 0.1) is 10.9 Å². The van der Waals surface area contributed by atoms with Crippen molar-refractivity contribution >= 4 is 40.0 Å². The number of hydrogen-bond acceptors (Lipinski definition) is 4. The van der Waals surface area contributed by atoms with Gasteiger partial charge in [-0.15, -0.1) is 0 Å². The maximum absolute atomic E-state index is 13.2. The lowest BCUT2D eigenvalue weighted by atomic mass is 10.1. The molecule has 0 saturated heterocycles. The third-order valence-electron chi connectivity index (χ3n) is 5.62. The minimum atomic E-state index is -0.559. The van der Waals surface area contributed by atoms with Gasteiger partial charge in [-0.05, 0) is 55.5 Å². The number of benzene rings is 2. The molecule has 9 heteroatoms. The van der Waals surface area contributed by atoms with Gasteiger partial charge in [-0.1, -0.05) is 43.6 Å². The summed E-state index contributed by atoms with van der Waals surface area (Å²) in [7, 11) is 0. The standard InChI is InChI=1S/C26H31ClN4O4/c1-18(2)13-14-28-23(32)12-5-6-15-30-25(34)21-10-3-4-11-22(21)31(26(30)35)17-24(33)29-20-9-7-8-19(27)16-20/h3-4,7-11,16,18H,5-6,12-15,17H2,1-2H3,(H,28,32)(H,29,33). The maximum Gasteiger partial charge on any atom is 0.331 e. The molecule has 186 valence electrons. The zero-order chi connectivity index (χ0) is 25.4. The van der Waals surface area contributed by atoms with Crippen molar-refractivity contribution in [2.75, 3.05) is 11.9 Å². The summed E-state index contributed by atoms with van der Waals surface area (Å²) in [5, 5.41) is 6.45. The van der Waals surface area contributed by atoms with Crippen LogP contribution in [0.25, 0.3) is 10.9 Å². The van der Waals surface area contributed by atoms with E-state index in [2.05, 4.69) is 24.5 Å². The highest BCUT2D eigenvalue weighted by Gasteiger charge is 2.15. The molecule has 2 aromatic carbocycles. The van der Waals surface area contributed by atoms with E-state index in [4.69, 9.17) is 11.6 Å². The molecule has 0 aliphatic rings. The Hall–Kier alpha value is -3.39. The van der Waals surface area contributed by atoms with Crippen molar-refractivity contribution in [3.8, 4) is 0 Å². The van der Waals surface area contributed by atoms with Gasteiger partial charge < -0.3 is 10.6 Å². The monoisotopic (exact) mass is 498 g/mol. The zero-order valence-corrected chi connectivity index (χ0v) is 20.8. The molecule has 1 heterocycles. The average Bonchev–Trinajstić information content (AvgIpc) is 2.81. The molecule has 2 N–H and O–H groups in total. The van der Waals surface area contributed by atoms with Crippen LogP contribution >= 0.6 is 11.6 Å². The molecule has 3 rings (SSSR count). The number of hydrogen-bond donors (Lipinski definition) is 2. The van der Waals surface area contributed by atoms with Crippen molar-refractivity contribution in [1.82, 2.24) is 14.5 Å². The number of carbonyl (C=O) groups excluding carboxylic acids is 2. The second kappa shape index (κ2) is 12.4. The Bertz CT molecular complexity index is 1310. The third-order valence-corrected chi connectivity index (χ3v) is 5.86. The highest BCUT2D eigenvalue weighted by molar-refractivity contribution is 6.30. The van der Waals surface area contributed by atoms with Crippen LogP contribution in [0.1, 0.15) is 39.5 Å². The summed E-state index contributed by atoms with van der Waals surface area (Å²) in [5.74, 6) is 0.0687. The molecule has 2 amide bonds. The van der Waals surface area contributed by atoms with E-state index in [1.165, 1.54) is 4.57 Å². The van der Waals surface area contributed by atoms with Gasteiger partial charge in [-0.2, -0.15) is 0 Å². The molecule has 0 spiro atoms. The van der Waals surface area contributed by atoms with E-state index in [0.29, 0.717) is 53.3 Å². The van der Waals surface area contributed by atoms with E-state index < -0.39 is 17.2 Å². The second-order valence-electron chi connectivity index (χ2n) is 8.89. The Balaban J connectivity index is 1.73. The molecule has 0 aliphatic heterocycles. The highest BCUT2D eigenvalue weighted by Crippen LogP contribution is 2.15. The fraction of sp³-hybridized carbons (Fsp3) is 0.385. The van der Waals surface area contributed by atoms with Crippen LogP contribution in [0.15, 0.2) is 58.1 Å². The van der Waals surface area contributed by atoms with Crippen molar-refractivity contribution in [2.24, 2.45) is 5.92 Å². The van der Waals surface area contributed by atoms with E-state index in [1.54, 1.807) is 48.5 Å². The zero-order valence-electron chi connectivity index (χ0n) is 20.1. The molecule has 0 aliphatic carbocycles. The van der Waals surface area contributed by atoms with E-state index in [9.17, 15) is 19.2 Å². The first-order valence-electron chi connectivity index (χ1n) is 11.8. The van der Waals surface area contributed by atoms with Crippen molar-refractivity contribution in [3.63, 3.8) is 0 Å². The minimum absolute atomic E-state index is 0.0356. The molecular formula is C26H31ClN4O4. The predicted octanol–water partition coefficient (Wildman–Crippen LogP) is 3.79. The Morgan fingerprint density at radius 1 is 0.971 bits per heavy atom. The first-order chi connectivity index (χ1) is 16.8. The Labute approximate surface area is 208 Å². The smallest absolute Gasteiger partial charge is 0.331 e. The van der Waals surface area contributed by atoms with Crippen LogP contribution in [0.4, 0.5) is 5.69 Å². The molecule has 3 aromatic rings. The van der Waals surface area contributed by atoms with Gasteiger partial charge in [0, 0.05) is 30.2 Å². The van der Waals surface area contributed by atoms with E-state index in [-0.39, 0.29) is 19.0 Å².